The zero-order valence-electron chi connectivity index (χ0n) is 11.0. The SMILES string of the molecule is O=C(NCCO)c1ccc(NC2CCCNC2)cc1. The van der Waals surface area contributed by atoms with Crippen LogP contribution in [-0.2, 0) is 0 Å². The highest BCUT2D eigenvalue weighted by Crippen LogP contribution is 2.13. The number of benzene rings is 1. The molecular formula is C14H21N3O2. The minimum atomic E-state index is -0.153. The molecule has 1 aromatic rings. The highest BCUT2D eigenvalue weighted by molar-refractivity contribution is 5.94. The lowest BCUT2D eigenvalue weighted by molar-refractivity contribution is 0.0945. The smallest absolute Gasteiger partial charge is 0.251 e. The van der Waals surface area contributed by atoms with Crippen LogP contribution in [0.5, 0.6) is 0 Å². The van der Waals surface area contributed by atoms with Crippen LogP contribution in [0, 0.1) is 0 Å². The standard InChI is InChI=1S/C14H21N3O2/c18-9-8-16-14(19)11-3-5-12(6-4-11)17-13-2-1-7-15-10-13/h3-6,13,15,17-18H,1-2,7-10H2,(H,16,19). The molecule has 0 aromatic heterocycles. The number of carbonyl (C=O) groups is 1. The van der Waals surface area contributed by atoms with E-state index in [4.69, 9.17) is 5.11 Å². The molecule has 0 bridgehead atoms. The summed E-state index contributed by atoms with van der Waals surface area (Å²) in [7, 11) is 0. The van der Waals surface area contributed by atoms with E-state index in [0.29, 0.717) is 11.6 Å². The molecule has 0 radical (unpaired) electrons. The Morgan fingerprint density at radius 3 is 2.79 bits per heavy atom. The van der Waals surface area contributed by atoms with E-state index in [0.717, 1.165) is 18.8 Å². The van der Waals surface area contributed by atoms with Gasteiger partial charge in [-0.25, -0.2) is 0 Å². The Morgan fingerprint density at radius 2 is 2.16 bits per heavy atom. The Kier molecular flexibility index (Phi) is 5.18. The molecule has 1 aliphatic rings. The van der Waals surface area contributed by atoms with Gasteiger partial charge in [0.2, 0.25) is 0 Å². The number of aliphatic hydroxyl groups is 1. The Balaban J connectivity index is 1.88. The summed E-state index contributed by atoms with van der Waals surface area (Å²) in [4.78, 5) is 11.7. The largest absolute Gasteiger partial charge is 0.395 e. The van der Waals surface area contributed by atoms with E-state index in [9.17, 15) is 4.79 Å². The van der Waals surface area contributed by atoms with Crippen LogP contribution in [0.25, 0.3) is 0 Å². The molecular weight excluding hydrogens is 242 g/mol. The molecule has 1 unspecified atom stereocenters. The van der Waals surface area contributed by atoms with Crippen molar-refractivity contribution >= 4 is 11.6 Å². The molecule has 104 valence electrons. The molecule has 4 N–H and O–H groups in total. The zero-order valence-corrected chi connectivity index (χ0v) is 11.0. The number of hydrogen-bond acceptors (Lipinski definition) is 4. The van der Waals surface area contributed by atoms with Crippen molar-refractivity contribution in [1.29, 1.82) is 0 Å². The Hall–Kier alpha value is -1.59. The van der Waals surface area contributed by atoms with Crippen LogP contribution in [0.2, 0.25) is 0 Å². The molecule has 1 aromatic carbocycles. The molecule has 5 heteroatoms. The molecule has 5 nitrogen and oxygen atoms in total. The van der Waals surface area contributed by atoms with Gasteiger partial charge in [0.1, 0.15) is 0 Å². The maximum atomic E-state index is 11.7. The molecule has 0 saturated carbocycles. The summed E-state index contributed by atoms with van der Waals surface area (Å²) in [5.74, 6) is -0.153. The van der Waals surface area contributed by atoms with Crippen LogP contribution in [0.4, 0.5) is 5.69 Å². The Labute approximate surface area is 113 Å². The maximum absolute atomic E-state index is 11.7. The predicted octanol–water partition coefficient (Wildman–Crippen LogP) is 0.573. The number of hydrogen-bond donors (Lipinski definition) is 4. The molecule has 1 heterocycles. The summed E-state index contributed by atoms with van der Waals surface area (Å²) in [6.07, 6.45) is 2.37. The molecule has 2 rings (SSSR count). The third-order valence-corrected chi connectivity index (χ3v) is 3.21. The van der Waals surface area contributed by atoms with Gasteiger partial charge in [-0.3, -0.25) is 4.79 Å². The minimum absolute atomic E-state index is 0.0416. The number of carbonyl (C=O) groups excluding carboxylic acids is 1. The molecule has 0 aliphatic carbocycles. The van der Waals surface area contributed by atoms with Crippen molar-refractivity contribution in [1.82, 2.24) is 10.6 Å². The monoisotopic (exact) mass is 263 g/mol. The lowest BCUT2D eigenvalue weighted by Gasteiger charge is -2.24. The van der Waals surface area contributed by atoms with Gasteiger partial charge in [0, 0.05) is 30.4 Å². The van der Waals surface area contributed by atoms with E-state index >= 15 is 0 Å². The summed E-state index contributed by atoms with van der Waals surface area (Å²) in [5, 5.41) is 18.1. The van der Waals surface area contributed by atoms with Crippen LogP contribution < -0.4 is 16.0 Å². The van der Waals surface area contributed by atoms with Gasteiger partial charge >= 0.3 is 0 Å². The molecule has 1 saturated heterocycles. The fourth-order valence-corrected chi connectivity index (χ4v) is 2.20. The summed E-state index contributed by atoms with van der Waals surface area (Å²) in [6.45, 7) is 2.33. The Bertz CT molecular complexity index is 400. The van der Waals surface area contributed by atoms with Gasteiger partial charge in [0.05, 0.1) is 6.61 Å². The molecule has 1 atom stereocenters. The third-order valence-electron chi connectivity index (χ3n) is 3.21. The first-order valence-electron chi connectivity index (χ1n) is 6.76. The van der Waals surface area contributed by atoms with E-state index in [1.54, 1.807) is 12.1 Å². The normalized spacial score (nSPS) is 18.9. The average Bonchev–Trinajstić information content (AvgIpc) is 2.46. The zero-order chi connectivity index (χ0) is 13.5. The summed E-state index contributed by atoms with van der Waals surface area (Å²) < 4.78 is 0. The summed E-state index contributed by atoms with van der Waals surface area (Å²) in [5.41, 5.74) is 1.65. The first-order chi connectivity index (χ1) is 9.29. The topological polar surface area (TPSA) is 73.4 Å². The highest BCUT2D eigenvalue weighted by atomic mass is 16.3. The van der Waals surface area contributed by atoms with Crippen molar-refractivity contribution in [2.24, 2.45) is 0 Å². The number of nitrogens with one attached hydrogen (secondary N) is 3. The number of piperidine rings is 1. The maximum Gasteiger partial charge on any atom is 0.251 e. The van der Waals surface area contributed by atoms with E-state index in [-0.39, 0.29) is 19.1 Å². The lowest BCUT2D eigenvalue weighted by Crippen LogP contribution is -2.38. The van der Waals surface area contributed by atoms with Gasteiger partial charge in [-0.1, -0.05) is 0 Å². The van der Waals surface area contributed by atoms with Crippen LogP contribution in [0.15, 0.2) is 24.3 Å². The van der Waals surface area contributed by atoms with Crippen molar-refractivity contribution < 1.29 is 9.90 Å². The van der Waals surface area contributed by atoms with E-state index in [1.165, 1.54) is 12.8 Å². The highest BCUT2D eigenvalue weighted by Gasteiger charge is 2.12. The van der Waals surface area contributed by atoms with Crippen molar-refractivity contribution in [3.8, 4) is 0 Å². The first-order valence-corrected chi connectivity index (χ1v) is 6.76. The summed E-state index contributed by atoms with van der Waals surface area (Å²) in [6, 6.07) is 7.89. The van der Waals surface area contributed by atoms with Crippen molar-refractivity contribution in [2.75, 3.05) is 31.6 Å². The number of anilines is 1. The molecule has 1 amide bonds. The van der Waals surface area contributed by atoms with E-state index in [2.05, 4.69) is 16.0 Å². The van der Waals surface area contributed by atoms with Crippen molar-refractivity contribution in [3.05, 3.63) is 29.8 Å². The molecule has 1 aliphatic heterocycles. The molecule has 1 fully saturated rings. The quantitative estimate of drug-likeness (QED) is 0.627. The summed E-state index contributed by atoms with van der Waals surface area (Å²) >= 11 is 0. The average molecular weight is 263 g/mol. The molecule has 19 heavy (non-hydrogen) atoms. The van der Waals surface area contributed by atoms with Gasteiger partial charge in [-0.2, -0.15) is 0 Å². The van der Waals surface area contributed by atoms with Crippen LogP contribution in [-0.4, -0.2) is 43.3 Å². The second-order valence-corrected chi connectivity index (χ2v) is 4.74. The van der Waals surface area contributed by atoms with Gasteiger partial charge in [-0.05, 0) is 43.7 Å². The van der Waals surface area contributed by atoms with E-state index in [1.807, 2.05) is 12.1 Å². The van der Waals surface area contributed by atoms with Gasteiger partial charge < -0.3 is 21.1 Å². The number of aliphatic hydroxyl groups excluding tert-OH is 1. The second kappa shape index (κ2) is 7.11. The fraction of sp³-hybridized carbons (Fsp3) is 0.500. The van der Waals surface area contributed by atoms with Crippen molar-refractivity contribution in [2.45, 2.75) is 18.9 Å². The lowest BCUT2D eigenvalue weighted by atomic mass is 10.1. The van der Waals surface area contributed by atoms with E-state index < -0.39 is 0 Å². The Morgan fingerprint density at radius 1 is 1.37 bits per heavy atom. The number of rotatable bonds is 5. The third kappa shape index (κ3) is 4.22. The first kappa shape index (κ1) is 13.8. The van der Waals surface area contributed by atoms with Gasteiger partial charge in [-0.15, -0.1) is 0 Å². The van der Waals surface area contributed by atoms with Crippen molar-refractivity contribution in [3.63, 3.8) is 0 Å². The van der Waals surface area contributed by atoms with Crippen LogP contribution in [0.1, 0.15) is 23.2 Å². The van der Waals surface area contributed by atoms with Gasteiger partial charge in [0.15, 0.2) is 0 Å². The van der Waals surface area contributed by atoms with Crippen LogP contribution >= 0.6 is 0 Å². The van der Waals surface area contributed by atoms with Crippen LogP contribution in [0.3, 0.4) is 0 Å². The van der Waals surface area contributed by atoms with Gasteiger partial charge in [0.25, 0.3) is 5.91 Å². The fourth-order valence-electron chi connectivity index (χ4n) is 2.20. The molecule has 0 spiro atoms. The predicted molar refractivity (Wildman–Crippen MR) is 75.4 cm³/mol. The minimum Gasteiger partial charge on any atom is -0.395 e. The number of amides is 1. The second-order valence-electron chi connectivity index (χ2n) is 4.74.